The summed E-state index contributed by atoms with van der Waals surface area (Å²) in [6, 6.07) is 12.7. The Morgan fingerprint density at radius 1 is 1.09 bits per heavy atom. The van der Waals surface area contributed by atoms with Crippen LogP contribution < -0.4 is 5.32 Å². The number of nitro groups is 1. The lowest BCUT2D eigenvalue weighted by molar-refractivity contribution is -0.384. The van der Waals surface area contributed by atoms with Crippen molar-refractivity contribution in [1.29, 1.82) is 0 Å². The van der Waals surface area contributed by atoms with Crippen molar-refractivity contribution in [3.05, 3.63) is 68.7 Å². The Labute approximate surface area is 199 Å². The number of hydrogen-bond donors (Lipinski definition) is 1. The van der Waals surface area contributed by atoms with Crippen LogP contribution in [0.5, 0.6) is 0 Å². The maximum absolute atomic E-state index is 13.5. The number of fused-ring (bicyclic) bond motifs is 2. The molecular weight excluding hydrogens is 490 g/mol. The van der Waals surface area contributed by atoms with E-state index in [9.17, 15) is 19.7 Å². The first-order chi connectivity index (χ1) is 15.5. The number of nitrogens with one attached hydrogen (secondary N) is 1. The molecule has 172 valence electrons. The molecule has 4 rings (SSSR count). The van der Waals surface area contributed by atoms with E-state index in [4.69, 9.17) is 4.84 Å². The van der Waals surface area contributed by atoms with Crippen LogP contribution in [0.3, 0.4) is 0 Å². The molecule has 0 heterocycles. The molecule has 2 aromatic carbocycles. The van der Waals surface area contributed by atoms with Crippen molar-refractivity contribution in [3.8, 4) is 0 Å². The van der Waals surface area contributed by atoms with E-state index in [1.807, 2.05) is 13.8 Å². The Bertz CT molecular complexity index is 1180. The number of carbonyl (C=O) groups is 2. The van der Waals surface area contributed by atoms with Gasteiger partial charge in [-0.05, 0) is 58.5 Å². The fourth-order valence-electron chi connectivity index (χ4n) is 5.21. The standard InChI is InChI=1S/C24H24BrN3O5/c1-22(2)23(3)12-13-24(22,21(30)26-15-8-10-16(11-9-15)28(31)32)14-19(23)27-33-20(29)17-6-4-5-7-18(17)25/h4-11H,12-14H2,1-3H3,(H,26,30). The summed E-state index contributed by atoms with van der Waals surface area (Å²) >= 11 is 3.34. The van der Waals surface area contributed by atoms with Gasteiger partial charge < -0.3 is 10.2 Å². The topological polar surface area (TPSA) is 111 Å². The van der Waals surface area contributed by atoms with Crippen molar-refractivity contribution < 1.29 is 19.3 Å². The highest BCUT2D eigenvalue weighted by molar-refractivity contribution is 9.10. The van der Waals surface area contributed by atoms with Crippen LogP contribution in [-0.2, 0) is 9.63 Å². The van der Waals surface area contributed by atoms with Crippen LogP contribution in [0.25, 0.3) is 0 Å². The Hall–Kier alpha value is -3.07. The number of rotatable bonds is 5. The fraction of sp³-hybridized carbons (Fsp3) is 0.375. The highest BCUT2D eigenvalue weighted by Gasteiger charge is 2.71. The summed E-state index contributed by atoms with van der Waals surface area (Å²) in [4.78, 5) is 41.8. The van der Waals surface area contributed by atoms with Gasteiger partial charge in [0.25, 0.3) is 5.69 Å². The van der Waals surface area contributed by atoms with E-state index in [0.717, 1.165) is 6.42 Å². The minimum atomic E-state index is -0.734. The molecule has 8 nitrogen and oxygen atoms in total. The van der Waals surface area contributed by atoms with Crippen LogP contribution in [0.1, 0.15) is 50.4 Å². The third-order valence-corrected chi connectivity index (χ3v) is 8.53. The summed E-state index contributed by atoms with van der Waals surface area (Å²) in [5.41, 5.74) is -0.0604. The first-order valence-electron chi connectivity index (χ1n) is 10.6. The van der Waals surface area contributed by atoms with Gasteiger partial charge in [0.15, 0.2) is 0 Å². The van der Waals surface area contributed by atoms with Gasteiger partial charge in [-0.25, -0.2) is 4.79 Å². The van der Waals surface area contributed by atoms with Gasteiger partial charge in [0.05, 0.1) is 21.6 Å². The Kier molecular flexibility index (Phi) is 5.64. The summed E-state index contributed by atoms with van der Waals surface area (Å²) in [7, 11) is 0. The second-order valence-corrected chi connectivity index (χ2v) is 10.2. The lowest BCUT2D eigenvalue weighted by Crippen LogP contribution is -2.43. The predicted octanol–water partition coefficient (Wildman–Crippen LogP) is 5.73. The zero-order valence-corrected chi connectivity index (χ0v) is 20.1. The van der Waals surface area contributed by atoms with Crippen LogP contribution >= 0.6 is 15.9 Å². The Morgan fingerprint density at radius 3 is 2.39 bits per heavy atom. The molecule has 2 fully saturated rings. The third kappa shape index (κ3) is 3.55. The molecule has 0 aliphatic heterocycles. The van der Waals surface area contributed by atoms with Gasteiger partial charge in [-0.3, -0.25) is 14.9 Å². The third-order valence-electron chi connectivity index (χ3n) is 7.84. The van der Waals surface area contributed by atoms with Crippen LogP contribution in [-0.4, -0.2) is 22.5 Å². The van der Waals surface area contributed by atoms with Crippen molar-refractivity contribution in [2.75, 3.05) is 5.32 Å². The van der Waals surface area contributed by atoms with Crippen molar-refractivity contribution in [3.63, 3.8) is 0 Å². The zero-order valence-electron chi connectivity index (χ0n) is 18.6. The Balaban J connectivity index is 1.57. The molecule has 2 aromatic rings. The largest absolute Gasteiger partial charge is 0.366 e. The van der Waals surface area contributed by atoms with Crippen LogP contribution in [0.2, 0.25) is 0 Å². The smallest absolute Gasteiger partial charge is 0.326 e. The quantitative estimate of drug-likeness (QED) is 0.312. The molecule has 33 heavy (non-hydrogen) atoms. The number of hydrogen-bond acceptors (Lipinski definition) is 6. The van der Waals surface area contributed by atoms with E-state index < -0.39 is 27.1 Å². The molecule has 0 saturated heterocycles. The number of nitrogens with zero attached hydrogens (tertiary/aromatic N) is 2. The highest BCUT2D eigenvalue weighted by Crippen LogP contribution is 2.71. The minimum absolute atomic E-state index is 0.0397. The lowest BCUT2D eigenvalue weighted by atomic mass is 9.64. The Morgan fingerprint density at radius 2 is 1.76 bits per heavy atom. The average molecular weight is 514 g/mol. The van der Waals surface area contributed by atoms with Crippen molar-refractivity contribution in [2.24, 2.45) is 21.4 Å². The van der Waals surface area contributed by atoms with Gasteiger partial charge in [-0.15, -0.1) is 0 Å². The number of oxime groups is 1. The van der Waals surface area contributed by atoms with Gasteiger partial charge in [-0.2, -0.15) is 0 Å². The number of halogens is 1. The molecule has 0 aromatic heterocycles. The van der Waals surface area contributed by atoms with Crippen molar-refractivity contribution in [1.82, 2.24) is 0 Å². The maximum atomic E-state index is 13.5. The van der Waals surface area contributed by atoms with E-state index in [1.54, 1.807) is 24.3 Å². The number of anilines is 1. The number of carbonyl (C=O) groups excluding carboxylic acids is 2. The molecule has 1 N–H and O–H groups in total. The first kappa shape index (κ1) is 23.1. The van der Waals surface area contributed by atoms with Crippen LogP contribution in [0.4, 0.5) is 11.4 Å². The number of non-ortho nitro benzene ring substituents is 1. The molecule has 0 radical (unpaired) electrons. The summed E-state index contributed by atoms with van der Waals surface area (Å²) in [5, 5.41) is 18.1. The van der Waals surface area contributed by atoms with Gasteiger partial charge >= 0.3 is 5.97 Å². The number of benzene rings is 2. The molecule has 2 unspecified atom stereocenters. The van der Waals surface area contributed by atoms with Crippen LogP contribution in [0.15, 0.2) is 58.2 Å². The molecule has 2 bridgehead atoms. The SMILES string of the molecule is CC12CCC(C(=O)Nc3ccc([N+](=O)[O-])cc3)(CC1=NOC(=O)c1ccccc1Br)C2(C)C. The average Bonchev–Trinajstić information content (AvgIpc) is 3.09. The van der Waals surface area contributed by atoms with Crippen LogP contribution in [0, 0.1) is 26.4 Å². The molecule has 1 amide bonds. The molecule has 2 aliphatic carbocycles. The maximum Gasteiger partial charge on any atom is 0.366 e. The highest BCUT2D eigenvalue weighted by atomic mass is 79.9. The zero-order chi connectivity index (χ0) is 24.0. The molecule has 0 spiro atoms. The van der Waals surface area contributed by atoms with E-state index >= 15 is 0 Å². The number of nitro benzene ring substituents is 1. The predicted molar refractivity (Wildman–Crippen MR) is 127 cm³/mol. The summed E-state index contributed by atoms with van der Waals surface area (Å²) in [6.07, 6.45) is 1.78. The second-order valence-electron chi connectivity index (χ2n) is 9.37. The first-order valence-corrected chi connectivity index (χ1v) is 11.4. The fourth-order valence-corrected chi connectivity index (χ4v) is 5.66. The normalized spacial score (nSPS) is 26.2. The second kappa shape index (κ2) is 8.06. The van der Waals surface area contributed by atoms with Gasteiger partial charge in [0, 0.05) is 34.1 Å². The van der Waals surface area contributed by atoms with Crippen molar-refractivity contribution in [2.45, 2.75) is 40.0 Å². The lowest BCUT2D eigenvalue weighted by Gasteiger charge is -2.39. The van der Waals surface area contributed by atoms with E-state index in [1.165, 1.54) is 24.3 Å². The van der Waals surface area contributed by atoms with Crippen molar-refractivity contribution >= 4 is 44.9 Å². The molecule has 9 heteroatoms. The summed E-state index contributed by atoms with van der Waals surface area (Å²) in [6.45, 7) is 6.16. The molecule has 2 saturated carbocycles. The van der Waals surface area contributed by atoms with Gasteiger partial charge in [-0.1, -0.05) is 38.1 Å². The monoisotopic (exact) mass is 513 g/mol. The minimum Gasteiger partial charge on any atom is -0.326 e. The molecule has 2 atom stereocenters. The van der Waals surface area contributed by atoms with Gasteiger partial charge in [0.2, 0.25) is 5.91 Å². The van der Waals surface area contributed by atoms with Gasteiger partial charge in [0.1, 0.15) is 0 Å². The summed E-state index contributed by atoms with van der Waals surface area (Å²) < 4.78 is 0.619. The molecule has 2 aliphatic rings. The van der Waals surface area contributed by atoms with E-state index in [-0.39, 0.29) is 11.6 Å². The van der Waals surface area contributed by atoms with E-state index in [0.29, 0.717) is 34.3 Å². The van der Waals surface area contributed by atoms with E-state index in [2.05, 4.69) is 33.3 Å². The summed E-state index contributed by atoms with van der Waals surface area (Å²) in [5.74, 6) is -0.726. The molecular formula is C24H24BrN3O5. The number of amides is 1.